The van der Waals surface area contributed by atoms with Gasteiger partial charge in [0.05, 0.1) is 0 Å². The van der Waals surface area contributed by atoms with Gasteiger partial charge in [0.25, 0.3) is 0 Å². The maximum atomic E-state index is 8.66. The number of hydrogen-bond donors (Lipinski definition) is 0. The topological polar surface area (TPSA) is 27.7 Å². The third kappa shape index (κ3) is 20.6. The van der Waals surface area contributed by atoms with Gasteiger partial charge in [0, 0.05) is 16.7 Å². The smallest absolute Gasteiger partial charge is 0.408 e. The van der Waals surface area contributed by atoms with E-state index in [4.69, 9.17) is 13.6 Å². The fourth-order valence-electron chi connectivity index (χ4n) is 19.0. The van der Waals surface area contributed by atoms with Crippen LogP contribution in [0.1, 0.15) is 392 Å². The van der Waals surface area contributed by atoms with E-state index < -0.39 is 8.60 Å². The molecule has 0 N–H and O–H groups in total. The van der Waals surface area contributed by atoms with Gasteiger partial charge in [-0.05, 0) is 255 Å². The van der Waals surface area contributed by atoms with E-state index in [-0.39, 0.29) is 65.0 Å². The van der Waals surface area contributed by atoms with Gasteiger partial charge in [0.15, 0.2) is 0 Å². The Hall–Kier alpha value is -7.19. The second-order valence-corrected chi connectivity index (χ2v) is 48.1. The summed E-state index contributed by atoms with van der Waals surface area (Å²) in [6, 6.07) is 57.1. The molecule has 0 amide bonds. The summed E-state index contributed by atoms with van der Waals surface area (Å²) in [7, 11) is -2.58. The summed E-state index contributed by atoms with van der Waals surface area (Å²) in [5.74, 6) is 2.16. The van der Waals surface area contributed by atoms with Crippen molar-refractivity contribution < 1.29 is 13.6 Å². The monoisotopic (exact) mass is 1610 g/mol. The molecule has 9 aromatic carbocycles. The molecular weight excluding hydrogens is 1450 g/mol. The van der Waals surface area contributed by atoms with Crippen LogP contribution in [0.5, 0.6) is 17.2 Å². The molecule has 3 nitrogen and oxygen atoms in total. The number of unbranched alkanes of at least 4 members (excludes halogenated alkanes) is 3. The van der Waals surface area contributed by atoms with Crippen LogP contribution in [0.3, 0.4) is 0 Å². The predicted octanol–water partition coefficient (Wildman–Crippen LogP) is 35.1. The van der Waals surface area contributed by atoms with E-state index in [1.807, 2.05) is 0 Å². The molecule has 0 saturated heterocycles. The molecule has 0 fully saturated rings. The van der Waals surface area contributed by atoms with E-state index in [2.05, 4.69) is 416 Å². The third-order valence-corrected chi connectivity index (χ3v) is 25.1. The molecule has 118 heavy (non-hydrogen) atoms. The molecule has 0 aromatic heterocycles. The molecular formula is C114H159O3P. The molecule has 0 atom stereocenters. The summed E-state index contributed by atoms with van der Waals surface area (Å²) in [4.78, 5) is 0. The van der Waals surface area contributed by atoms with Gasteiger partial charge in [-0.3, -0.25) is 0 Å². The Morgan fingerprint density at radius 3 is 0.500 bits per heavy atom. The summed E-state index contributed by atoms with van der Waals surface area (Å²) in [6.07, 6.45) is 8.85. The quantitative estimate of drug-likeness (QED) is 0.0671. The number of aryl methyl sites for hydroxylation is 3. The fraction of sp³-hybridized carbons (Fsp3) is 0.526. The van der Waals surface area contributed by atoms with Crippen LogP contribution in [-0.2, 0) is 84.2 Å². The minimum atomic E-state index is -2.58. The zero-order valence-corrected chi connectivity index (χ0v) is 82.8. The predicted molar refractivity (Wildman–Crippen MR) is 521 cm³/mol. The van der Waals surface area contributed by atoms with E-state index in [1.54, 1.807) is 0 Å². The van der Waals surface area contributed by atoms with Gasteiger partial charge in [-0.25, -0.2) is 0 Å². The van der Waals surface area contributed by atoms with Crippen LogP contribution < -0.4 is 13.6 Å². The van der Waals surface area contributed by atoms with Gasteiger partial charge in [-0.2, -0.15) is 0 Å². The maximum absolute atomic E-state index is 8.66. The summed E-state index contributed by atoms with van der Waals surface area (Å²) >= 11 is 0. The first-order chi connectivity index (χ1) is 54.1. The van der Waals surface area contributed by atoms with Gasteiger partial charge in [0.2, 0.25) is 0 Å². The highest BCUT2D eigenvalue weighted by molar-refractivity contribution is 7.43. The molecule has 9 aromatic rings. The Bertz CT molecular complexity index is 4540. The zero-order chi connectivity index (χ0) is 88.4. The Morgan fingerprint density at radius 1 is 0.195 bits per heavy atom. The average Bonchev–Trinajstić information content (AvgIpc) is 0.735. The Balaban J connectivity index is 1.65. The van der Waals surface area contributed by atoms with Crippen LogP contribution in [0, 0.1) is 0 Å². The molecule has 0 aliphatic rings. The largest absolute Gasteiger partial charge is 0.530 e. The van der Waals surface area contributed by atoms with E-state index in [1.165, 1.54) is 117 Å². The Morgan fingerprint density at radius 2 is 0.356 bits per heavy atom. The molecule has 0 aliphatic carbocycles. The van der Waals surface area contributed by atoms with Crippen LogP contribution >= 0.6 is 8.60 Å². The molecule has 0 radical (unpaired) electrons. The third-order valence-electron chi connectivity index (χ3n) is 24.0. The molecule has 0 unspecified atom stereocenters. The maximum Gasteiger partial charge on any atom is 0.530 e. The van der Waals surface area contributed by atoms with Crippen molar-refractivity contribution in [1.29, 1.82) is 0 Å². The lowest BCUT2D eigenvalue weighted by molar-refractivity contribution is 0.389. The fourth-order valence-corrected chi connectivity index (χ4v) is 20.1. The molecule has 0 aliphatic heterocycles. The zero-order valence-electron chi connectivity index (χ0n) is 81.9. The number of hydrogen-bond acceptors (Lipinski definition) is 3. The molecule has 4 heteroatoms. The summed E-state index contributed by atoms with van der Waals surface area (Å²) in [5, 5.41) is 0. The summed E-state index contributed by atoms with van der Waals surface area (Å²) in [6.45, 7) is 93.6. The van der Waals surface area contributed by atoms with Gasteiger partial charge >= 0.3 is 8.60 Å². The van der Waals surface area contributed by atoms with Crippen molar-refractivity contribution in [3.05, 3.63) is 229 Å². The average molecular weight is 1610 g/mol. The molecule has 638 valence electrons. The Labute approximate surface area is 723 Å². The molecule has 9 rings (SSSR count). The van der Waals surface area contributed by atoms with Crippen LogP contribution in [-0.4, -0.2) is 0 Å². The lowest BCUT2D eigenvalue weighted by Crippen LogP contribution is -2.24. The highest BCUT2D eigenvalue weighted by atomic mass is 31.2. The highest BCUT2D eigenvalue weighted by Gasteiger charge is 2.42. The minimum Gasteiger partial charge on any atom is -0.408 e. The highest BCUT2D eigenvalue weighted by Crippen LogP contribution is 2.61. The second kappa shape index (κ2) is 34.6. The molecule has 0 heterocycles. The summed E-state index contributed by atoms with van der Waals surface area (Å²) < 4.78 is 26.0. The van der Waals surface area contributed by atoms with Crippen LogP contribution in [0.15, 0.2) is 146 Å². The van der Waals surface area contributed by atoms with Crippen LogP contribution in [0.2, 0.25) is 0 Å². The van der Waals surface area contributed by atoms with Crippen molar-refractivity contribution in [3.8, 4) is 84.0 Å². The van der Waals surface area contributed by atoms with E-state index >= 15 is 0 Å². The van der Waals surface area contributed by atoms with Crippen LogP contribution in [0.25, 0.3) is 66.8 Å². The first kappa shape index (κ1) is 94.7. The van der Waals surface area contributed by atoms with Gasteiger partial charge in [-0.1, -0.05) is 417 Å². The molecule has 0 spiro atoms. The standard InChI is InChI=1S/C114H159O3P/c1-40-43-52-73-67-70-88(94(79-58-49-64-85(106(13,14)15)100(79)112(31,32)33)91(73)76-55-46-61-82(103(4,5)6)97(76)109(22,23)24)115-118(116-89-71-68-74(53-44-41-2)92(77-56-47-62-83(104(7,8)9)98(77)110(25,26)27)95(89)80-59-50-65-86(107(16,17)18)101(80)113(34,35)36)117-90-72-69-75(54-45-42-3)93(78-57-48-63-84(105(10,11)12)99(78)111(28,29)30)96(90)81-60-51-66-87(108(19,20)21)102(81)114(37,38)39/h46-51,55-72H,40-45,52-54H2,1-39H3. The number of rotatable bonds is 21. The summed E-state index contributed by atoms with van der Waals surface area (Å²) in [5.41, 5.74) is 30.9. The first-order valence-corrected chi connectivity index (χ1v) is 46.4. The molecule has 0 bridgehead atoms. The van der Waals surface area contributed by atoms with Crippen molar-refractivity contribution in [2.45, 2.75) is 393 Å². The lowest BCUT2D eigenvalue weighted by atomic mass is 9.69. The number of benzene rings is 9. The van der Waals surface area contributed by atoms with E-state index in [9.17, 15) is 0 Å². The SMILES string of the molecule is CCCCc1ccc(OP(Oc2ccc(CCCC)c(-c3cccc(C(C)(C)C)c3C(C)(C)C)c2-c2cccc(C(C)(C)C)c2C(C)(C)C)Oc2ccc(CCCC)c(-c3cccc(C(C)(C)C)c3C(C)(C)C)c2-c2cccc(C(C)(C)C)c2C(C)(C)C)c(-c2cccc(C(C)(C)C)c2C(C)(C)C)c1-c1cccc(C(C)(C)C)c1C(C)(C)C. The van der Waals surface area contributed by atoms with Gasteiger partial charge < -0.3 is 13.6 Å². The van der Waals surface area contributed by atoms with E-state index in [0.29, 0.717) is 0 Å². The van der Waals surface area contributed by atoms with Gasteiger partial charge in [0.1, 0.15) is 17.2 Å². The van der Waals surface area contributed by atoms with Crippen molar-refractivity contribution in [3.63, 3.8) is 0 Å². The van der Waals surface area contributed by atoms with Crippen molar-refractivity contribution in [2.24, 2.45) is 0 Å². The second-order valence-electron chi connectivity index (χ2n) is 47.1. The minimum absolute atomic E-state index is 0.178. The van der Waals surface area contributed by atoms with Crippen molar-refractivity contribution >= 4 is 8.60 Å². The van der Waals surface area contributed by atoms with Crippen molar-refractivity contribution in [1.82, 2.24) is 0 Å². The normalized spacial score (nSPS) is 13.4. The first-order valence-electron chi connectivity index (χ1n) is 45.3. The lowest BCUT2D eigenvalue weighted by Gasteiger charge is -2.36. The van der Waals surface area contributed by atoms with Crippen LogP contribution in [0.4, 0.5) is 0 Å². The van der Waals surface area contributed by atoms with Crippen molar-refractivity contribution in [2.75, 3.05) is 0 Å². The molecule has 0 saturated carbocycles. The van der Waals surface area contributed by atoms with Gasteiger partial charge in [-0.15, -0.1) is 0 Å². The van der Waals surface area contributed by atoms with E-state index in [0.717, 1.165) is 108 Å². The Kier molecular flexibility index (Phi) is 27.8.